The summed E-state index contributed by atoms with van der Waals surface area (Å²) >= 11 is 0. The first-order chi connectivity index (χ1) is 14.2. The Kier molecular flexibility index (Phi) is 4.38. The molecule has 1 amide bonds. The van der Waals surface area contributed by atoms with E-state index >= 15 is 0 Å². The number of hydrogen-bond acceptors (Lipinski definition) is 5. The van der Waals surface area contributed by atoms with E-state index in [1.165, 1.54) is 0 Å². The van der Waals surface area contributed by atoms with Gasteiger partial charge in [0, 0.05) is 60.3 Å². The zero-order valence-electron chi connectivity index (χ0n) is 16.6. The van der Waals surface area contributed by atoms with Crippen LogP contribution < -0.4 is 9.64 Å². The van der Waals surface area contributed by atoms with Crippen molar-refractivity contribution in [1.29, 1.82) is 0 Å². The summed E-state index contributed by atoms with van der Waals surface area (Å²) in [5, 5.41) is 1.08. The lowest BCUT2D eigenvalue weighted by Crippen LogP contribution is -2.45. The average molecular weight is 391 g/mol. The molecule has 3 aromatic rings. The Hall–Kier alpha value is -3.09. The molecular weight excluding hydrogens is 366 g/mol. The molecule has 29 heavy (non-hydrogen) atoms. The van der Waals surface area contributed by atoms with Crippen LogP contribution in [0.3, 0.4) is 0 Å². The third-order valence-electron chi connectivity index (χ3n) is 6.35. The van der Waals surface area contributed by atoms with Gasteiger partial charge in [0.15, 0.2) is 0 Å². The first kappa shape index (κ1) is 18.0. The largest absolute Gasteiger partial charge is 0.481 e. The second kappa shape index (κ2) is 7.06. The van der Waals surface area contributed by atoms with Gasteiger partial charge in [-0.2, -0.15) is 0 Å². The van der Waals surface area contributed by atoms with Crippen LogP contribution in [0.15, 0.2) is 42.9 Å². The maximum atomic E-state index is 13.1. The van der Waals surface area contributed by atoms with Crippen LogP contribution in [0.5, 0.6) is 5.88 Å². The number of methoxy groups -OCH3 is 1. The van der Waals surface area contributed by atoms with Gasteiger partial charge in [-0.25, -0.2) is 9.97 Å². The van der Waals surface area contributed by atoms with E-state index in [2.05, 4.69) is 19.9 Å². The minimum absolute atomic E-state index is 0.129. The molecule has 2 aliphatic heterocycles. The van der Waals surface area contributed by atoms with E-state index in [4.69, 9.17) is 4.74 Å². The molecule has 1 N–H and O–H groups in total. The number of rotatable bonds is 3. The SMILES string of the molecule is COc1cc(N2CCC[C@@]3(CCN(C(=O)c4ccc5[nH]ccc5c4)C3)C2)ncn1. The topological polar surface area (TPSA) is 74.3 Å². The molecule has 4 heterocycles. The normalized spacial score (nSPS) is 21.8. The molecule has 0 unspecified atom stereocenters. The lowest BCUT2D eigenvalue weighted by Gasteiger charge is -2.41. The van der Waals surface area contributed by atoms with E-state index in [-0.39, 0.29) is 11.3 Å². The predicted molar refractivity (Wildman–Crippen MR) is 111 cm³/mol. The van der Waals surface area contributed by atoms with Gasteiger partial charge in [0.25, 0.3) is 5.91 Å². The first-order valence-corrected chi connectivity index (χ1v) is 10.1. The molecule has 2 fully saturated rings. The van der Waals surface area contributed by atoms with Crippen molar-refractivity contribution < 1.29 is 9.53 Å². The summed E-state index contributed by atoms with van der Waals surface area (Å²) in [6, 6.07) is 9.79. The van der Waals surface area contributed by atoms with Crippen LogP contribution in [0.1, 0.15) is 29.6 Å². The highest BCUT2D eigenvalue weighted by atomic mass is 16.5. The molecule has 1 atom stereocenters. The molecular formula is C22H25N5O2. The van der Waals surface area contributed by atoms with Crippen LogP contribution in [0.25, 0.3) is 10.9 Å². The number of likely N-dealkylation sites (tertiary alicyclic amines) is 1. The molecule has 0 aliphatic carbocycles. The Bertz CT molecular complexity index is 1050. The Labute approximate surface area is 169 Å². The fourth-order valence-electron chi connectivity index (χ4n) is 4.83. The summed E-state index contributed by atoms with van der Waals surface area (Å²) in [4.78, 5) is 29.2. The number of anilines is 1. The zero-order valence-corrected chi connectivity index (χ0v) is 16.6. The van der Waals surface area contributed by atoms with Crippen molar-refractivity contribution in [1.82, 2.24) is 19.9 Å². The van der Waals surface area contributed by atoms with Crippen LogP contribution >= 0.6 is 0 Å². The first-order valence-electron chi connectivity index (χ1n) is 10.1. The minimum atomic E-state index is 0.129. The minimum Gasteiger partial charge on any atom is -0.481 e. The van der Waals surface area contributed by atoms with Gasteiger partial charge >= 0.3 is 0 Å². The Morgan fingerprint density at radius 1 is 1.14 bits per heavy atom. The summed E-state index contributed by atoms with van der Waals surface area (Å²) in [5.74, 6) is 1.61. The van der Waals surface area contributed by atoms with Crippen molar-refractivity contribution in [2.45, 2.75) is 19.3 Å². The highest BCUT2D eigenvalue weighted by Crippen LogP contribution is 2.40. The number of nitrogens with zero attached hydrogens (tertiary/aromatic N) is 4. The van der Waals surface area contributed by atoms with Crippen LogP contribution in [0, 0.1) is 5.41 Å². The number of carbonyl (C=O) groups is 1. The molecule has 1 spiro atoms. The van der Waals surface area contributed by atoms with Gasteiger partial charge in [0.05, 0.1) is 7.11 Å². The van der Waals surface area contributed by atoms with Crippen molar-refractivity contribution in [3.8, 4) is 5.88 Å². The Morgan fingerprint density at radius 2 is 2.07 bits per heavy atom. The third kappa shape index (κ3) is 3.30. The molecule has 2 aromatic heterocycles. The number of benzene rings is 1. The fraction of sp³-hybridized carbons (Fsp3) is 0.409. The number of hydrogen-bond donors (Lipinski definition) is 1. The summed E-state index contributed by atoms with van der Waals surface area (Å²) in [5.41, 5.74) is 1.95. The number of ether oxygens (including phenoxy) is 1. The zero-order chi connectivity index (χ0) is 19.8. The monoisotopic (exact) mass is 391 g/mol. The number of carbonyl (C=O) groups excluding carboxylic acids is 1. The number of H-pyrrole nitrogens is 1. The van der Waals surface area contributed by atoms with E-state index in [1.807, 2.05) is 41.4 Å². The summed E-state index contributed by atoms with van der Waals surface area (Å²) in [6.45, 7) is 3.49. The number of fused-ring (bicyclic) bond motifs is 1. The molecule has 0 saturated carbocycles. The van der Waals surface area contributed by atoms with Gasteiger partial charge in [0.1, 0.15) is 12.1 Å². The molecule has 2 saturated heterocycles. The molecule has 150 valence electrons. The van der Waals surface area contributed by atoms with E-state index in [1.54, 1.807) is 13.4 Å². The molecule has 7 heteroatoms. The van der Waals surface area contributed by atoms with E-state index in [9.17, 15) is 4.79 Å². The Balaban J connectivity index is 1.32. The van der Waals surface area contributed by atoms with Gasteiger partial charge < -0.3 is 19.5 Å². The number of nitrogens with one attached hydrogen (secondary N) is 1. The van der Waals surface area contributed by atoms with Gasteiger partial charge in [-0.15, -0.1) is 0 Å². The second-order valence-electron chi connectivity index (χ2n) is 8.20. The Morgan fingerprint density at radius 3 is 2.97 bits per heavy atom. The lowest BCUT2D eigenvalue weighted by molar-refractivity contribution is 0.0767. The van der Waals surface area contributed by atoms with Crippen molar-refractivity contribution in [2.24, 2.45) is 5.41 Å². The summed E-state index contributed by atoms with van der Waals surface area (Å²) in [6.07, 6.45) is 6.74. The van der Waals surface area contributed by atoms with Crippen LogP contribution in [-0.2, 0) is 0 Å². The molecule has 2 aliphatic rings. The number of aromatic amines is 1. The van der Waals surface area contributed by atoms with E-state index < -0.39 is 0 Å². The second-order valence-corrected chi connectivity index (χ2v) is 8.20. The summed E-state index contributed by atoms with van der Waals surface area (Å²) < 4.78 is 5.25. The van der Waals surface area contributed by atoms with Gasteiger partial charge in [-0.1, -0.05) is 0 Å². The van der Waals surface area contributed by atoms with Crippen molar-refractivity contribution in [3.05, 3.63) is 48.4 Å². The smallest absolute Gasteiger partial charge is 0.253 e. The molecule has 5 rings (SSSR count). The van der Waals surface area contributed by atoms with Crippen LogP contribution in [-0.4, -0.2) is 59.0 Å². The highest BCUT2D eigenvalue weighted by Gasteiger charge is 2.43. The maximum absolute atomic E-state index is 13.1. The van der Waals surface area contributed by atoms with Gasteiger partial charge in [-0.3, -0.25) is 4.79 Å². The highest BCUT2D eigenvalue weighted by molar-refractivity contribution is 5.98. The standard InChI is InChI=1S/C22H25N5O2/c1-29-20-12-19(24-15-25-20)26-9-2-6-22(13-26)7-10-27(14-22)21(28)17-3-4-18-16(11-17)5-8-23-18/h3-5,8,11-12,15,23H,2,6-7,9-10,13-14H2,1H3/t22-/m1/s1. The van der Waals surface area contributed by atoms with E-state index in [0.29, 0.717) is 5.88 Å². The van der Waals surface area contributed by atoms with Crippen molar-refractivity contribution in [3.63, 3.8) is 0 Å². The predicted octanol–water partition coefficient (Wildman–Crippen LogP) is 3.10. The number of aromatic nitrogens is 3. The molecule has 1 aromatic carbocycles. The molecule has 0 radical (unpaired) electrons. The average Bonchev–Trinajstić information content (AvgIpc) is 3.40. The molecule has 0 bridgehead atoms. The maximum Gasteiger partial charge on any atom is 0.253 e. The fourth-order valence-corrected chi connectivity index (χ4v) is 4.83. The lowest BCUT2D eigenvalue weighted by atomic mass is 9.79. The van der Waals surface area contributed by atoms with Crippen molar-refractivity contribution in [2.75, 3.05) is 38.2 Å². The quantitative estimate of drug-likeness (QED) is 0.743. The molecule has 7 nitrogen and oxygen atoms in total. The van der Waals surface area contributed by atoms with Crippen molar-refractivity contribution >= 4 is 22.6 Å². The van der Waals surface area contributed by atoms with Gasteiger partial charge in [0.2, 0.25) is 5.88 Å². The number of amides is 1. The van der Waals surface area contributed by atoms with Crippen LogP contribution in [0.2, 0.25) is 0 Å². The third-order valence-corrected chi connectivity index (χ3v) is 6.35. The summed E-state index contributed by atoms with van der Waals surface area (Å²) in [7, 11) is 1.62. The van der Waals surface area contributed by atoms with Crippen LogP contribution in [0.4, 0.5) is 5.82 Å². The number of piperidine rings is 1. The van der Waals surface area contributed by atoms with E-state index in [0.717, 1.165) is 67.7 Å². The van der Waals surface area contributed by atoms with Gasteiger partial charge in [-0.05, 0) is 43.5 Å².